The molecule has 0 N–H and O–H groups in total. The molecule has 0 unspecified atom stereocenters. The summed E-state index contributed by atoms with van der Waals surface area (Å²) >= 11 is 0. The van der Waals surface area contributed by atoms with E-state index in [1.807, 2.05) is 19.1 Å². The second-order valence-corrected chi connectivity index (χ2v) is 3.99. The lowest BCUT2D eigenvalue weighted by Crippen LogP contribution is -2.03. The zero-order chi connectivity index (χ0) is 10.8. The van der Waals surface area contributed by atoms with Crippen LogP contribution >= 0.6 is 0 Å². The lowest BCUT2D eigenvalue weighted by Gasteiger charge is -2.12. The molecule has 0 bridgehead atoms. The van der Waals surface area contributed by atoms with Crippen molar-refractivity contribution in [3.63, 3.8) is 0 Å². The second-order valence-electron chi connectivity index (χ2n) is 3.99. The zero-order valence-electron chi connectivity index (χ0n) is 8.72. The van der Waals surface area contributed by atoms with Crippen LogP contribution in [0.2, 0.25) is 0 Å². The molecule has 1 aromatic carbocycles. The summed E-state index contributed by atoms with van der Waals surface area (Å²) in [6, 6.07) is 5.01. The van der Waals surface area contributed by atoms with Crippen molar-refractivity contribution in [1.29, 1.82) is 0 Å². The number of allylic oxidation sites excluding steroid dienone is 2. The van der Waals surface area contributed by atoms with Crippen molar-refractivity contribution in [1.82, 2.24) is 0 Å². The first kappa shape index (κ1) is 10.1. The zero-order valence-corrected chi connectivity index (χ0v) is 8.72. The van der Waals surface area contributed by atoms with E-state index in [0.29, 0.717) is 12.8 Å². The van der Waals surface area contributed by atoms with Crippen molar-refractivity contribution in [3.05, 3.63) is 41.2 Å². The van der Waals surface area contributed by atoms with Crippen LogP contribution in [0.15, 0.2) is 24.3 Å². The summed E-state index contributed by atoms with van der Waals surface area (Å²) in [6.45, 7) is 1.88. The highest BCUT2D eigenvalue weighted by atomic mass is 19.1. The van der Waals surface area contributed by atoms with Gasteiger partial charge in [-0.05, 0) is 42.2 Å². The number of ketones is 1. The minimum Gasteiger partial charge on any atom is -0.299 e. The Balaban J connectivity index is 2.33. The molecule has 0 atom stereocenters. The third-order valence-electron chi connectivity index (χ3n) is 2.66. The van der Waals surface area contributed by atoms with Crippen LogP contribution in [0.5, 0.6) is 0 Å². The molecule has 0 heterocycles. The molecule has 78 valence electrons. The molecule has 1 aliphatic carbocycles. The molecule has 15 heavy (non-hydrogen) atoms. The molecule has 0 saturated carbocycles. The van der Waals surface area contributed by atoms with Gasteiger partial charge in [0.1, 0.15) is 11.6 Å². The summed E-state index contributed by atoms with van der Waals surface area (Å²) in [5.74, 6) is 0.0645. The van der Waals surface area contributed by atoms with Gasteiger partial charge in [-0.1, -0.05) is 12.1 Å². The van der Waals surface area contributed by atoms with Crippen molar-refractivity contribution in [3.8, 4) is 0 Å². The third kappa shape index (κ3) is 2.32. The minimum atomic E-state index is -0.206. The second kappa shape index (κ2) is 3.97. The molecular weight excluding hydrogens is 191 g/mol. The largest absolute Gasteiger partial charge is 0.299 e. The molecule has 0 aliphatic heterocycles. The van der Waals surface area contributed by atoms with Gasteiger partial charge in [0.2, 0.25) is 0 Å². The van der Waals surface area contributed by atoms with Gasteiger partial charge in [0, 0.05) is 12.8 Å². The van der Waals surface area contributed by atoms with Crippen LogP contribution in [-0.2, 0) is 4.79 Å². The number of aryl methyl sites for hydroxylation is 1. The highest BCUT2D eigenvalue weighted by Gasteiger charge is 2.12. The van der Waals surface area contributed by atoms with Crippen LogP contribution in [0, 0.1) is 12.7 Å². The first-order valence-electron chi connectivity index (χ1n) is 5.13. The summed E-state index contributed by atoms with van der Waals surface area (Å²) in [6.07, 6.45) is 3.73. The number of Topliss-reactive ketones (excluding diaryl/α,β-unsaturated/α-hetero) is 1. The Hall–Kier alpha value is -1.44. The third-order valence-corrected chi connectivity index (χ3v) is 2.66. The Morgan fingerprint density at radius 2 is 2.00 bits per heavy atom. The number of rotatable bonds is 1. The Morgan fingerprint density at radius 3 is 2.60 bits per heavy atom. The average Bonchev–Trinajstić information content (AvgIpc) is 2.17. The molecular formula is C13H13FO. The SMILES string of the molecule is Cc1cc(F)cc(C2=CCC(=O)CC2)c1. The smallest absolute Gasteiger partial charge is 0.137 e. The van der Waals surface area contributed by atoms with E-state index < -0.39 is 0 Å². The van der Waals surface area contributed by atoms with Crippen molar-refractivity contribution >= 4 is 11.4 Å². The van der Waals surface area contributed by atoms with Gasteiger partial charge in [-0.15, -0.1) is 0 Å². The number of benzene rings is 1. The van der Waals surface area contributed by atoms with Crippen LogP contribution in [0.4, 0.5) is 4.39 Å². The molecule has 2 heteroatoms. The topological polar surface area (TPSA) is 17.1 Å². The number of carbonyl (C=O) groups is 1. The van der Waals surface area contributed by atoms with Gasteiger partial charge in [0.05, 0.1) is 0 Å². The molecule has 0 radical (unpaired) electrons. The van der Waals surface area contributed by atoms with Gasteiger partial charge in [0.15, 0.2) is 0 Å². The molecule has 2 rings (SSSR count). The molecule has 0 fully saturated rings. The van der Waals surface area contributed by atoms with Crippen molar-refractivity contribution < 1.29 is 9.18 Å². The summed E-state index contributed by atoms with van der Waals surface area (Å²) in [5, 5.41) is 0. The normalized spacial score (nSPS) is 16.4. The monoisotopic (exact) mass is 204 g/mol. The van der Waals surface area contributed by atoms with E-state index in [9.17, 15) is 9.18 Å². The standard InChI is InChI=1S/C13H13FO/c1-9-6-11(8-12(14)7-9)10-2-4-13(15)5-3-10/h2,6-8H,3-5H2,1H3. The fourth-order valence-electron chi connectivity index (χ4n) is 1.90. The molecule has 0 amide bonds. The van der Waals surface area contributed by atoms with Crippen LogP contribution in [0.3, 0.4) is 0 Å². The van der Waals surface area contributed by atoms with Gasteiger partial charge in [-0.2, -0.15) is 0 Å². The highest BCUT2D eigenvalue weighted by molar-refractivity contribution is 5.86. The predicted octanol–water partition coefficient (Wildman–Crippen LogP) is 3.27. The van der Waals surface area contributed by atoms with E-state index in [2.05, 4.69) is 0 Å². The molecule has 0 aromatic heterocycles. The maximum atomic E-state index is 13.2. The van der Waals surface area contributed by atoms with Gasteiger partial charge in [-0.25, -0.2) is 4.39 Å². The number of hydrogen-bond acceptors (Lipinski definition) is 1. The van der Waals surface area contributed by atoms with Gasteiger partial charge in [-0.3, -0.25) is 4.79 Å². The molecule has 0 spiro atoms. The van der Waals surface area contributed by atoms with Gasteiger partial charge < -0.3 is 0 Å². The predicted molar refractivity (Wildman–Crippen MR) is 58.0 cm³/mol. The van der Waals surface area contributed by atoms with Crippen LogP contribution in [0.1, 0.15) is 30.4 Å². The fourth-order valence-corrected chi connectivity index (χ4v) is 1.90. The minimum absolute atomic E-state index is 0.206. The first-order valence-corrected chi connectivity index (χ1v) is 5.13. The lowest BCUT2D eigenvalue weighted by atomic mass is 9.92. The number of halogens is 1. The molecule has 0 saturated heterocycles. The van der Waals surface area contributed by atoms with Crippen LogP contribution in [-0.4, -0.2) is 5.78 Å². The van der Waals surface area contributed by atoms with Crippen molar-refractivity contribution in [2.24, 2.45) is 0 Å². The maximum Gasteiger partial charge on any atom is 0.137 e. The summed E-state index contributed by atoms with van der Waals surface area (Å²) in [4.78, 5) is 11.1. The highest BCUT2D eigenvalue weighted by Crippen LogP contribution is 2.26. The summed E-state index contributed by atoms with van der Waals surface area (Å²) in [7, 11) is 0. The summed E-state index contributed by atoms with van der Waals surface area (Å²) < 4.78 is 13.2. The van der Waals surface area contributed by atoms with Crippen molar-refractivity contribution in [2.45, 2.75) is 26.2 Å². The van der Waals surface area contributed by atoms with Gasteiger partial charge in [0.25, 0.3) is 0 Å². The molecule has 1 aliphatic rings. The number of hydrogen-bond donors (Lipinski definition) is 0. The Morgan fingerprint density at radius 1 is 1.20 bits per heavy atom. The fraction of sp³-hybridized carbons (Fsp3) is 0.308. The van der Waals surface area contributed by atoms with Crippen LogP contribution < -0.4 is 0 Å². The summed E-state index contributed by atoms with van der Waals surface area (Å²) in [5.41, 5.74) is 2.93. The Kier molecular flexibility index (Phi) is 2.67. The molecule has 1 nitrogen and oxygen atoms in total. The van der Waals surface area contributed by atoms with E-state index in [4.69, 9.17) is 0 Å². The molecule has 1 aromatic rings. The lowest BCUT2D eigenvalue weighted by molar-refractivity contribution is -0.118. The van der Waals surface area contributed by atoms with Crippen LogP contribution in [0.25, 0.3) is 5.57 Å². The maximum absolute atomic E-state index is 13.2. The average molecular weight is 204 g/mol. The van der Waals surface area contributed by atoms with E-state index in [-0.39, 0.29) is 11.6 Å². The van der Waals surface area contributed by atoms with E-state index in [0.717, 1.165) is 23.1 Å². The Labute approximate surface area is 88.6 Å². The van der Waals surface area contributed by atoms with Gasteiger partial charge >= 0.3 is 0 Å². The quantitative estimate of drug-likeness (QED) is 0.686. The van der Waals surface area contributed by atoms with Crippen molar-refractivity contribution in [2.75, 3.05) is 0 Å². The van der Waals surface area contributed by atoms with E-state index >= 15 is 0 Å². The Bertz CT molecular complexity index is 412. The van der Waals surface area contributed by atoms with E-state index in [1.54, 1.807) is 0 Å². The number of carbonyl (C=O) groups excluding carboxylic acids is 1. The first-order chi connectivity index (χ1) is 7.15. The van der Waals surface area contributed by atoms with E-state index in [1.165, 1.54) is 12.1 Å².